The van der Waals surface area contributed by atoms with Gasteiger partial charge < -0.3 is 15.9 Å². The van der Waals surface area contributed by atoms with Crippen molar-refractivity contribution in [3.8, 4) is 0 Å². The molecular weight excluding hydrogens is 349 g/mol. The summed E-state index contributed by atoms with van der Waals surface area (Å²) in [5.74, 6) is -0.123. The number of nitrogens with one attached hydrogen (secondary N) is 1. The van der Waals surface area contributed by atoms with Crippen LogP contribution in [0.2, 0.25) is 10.0 Å². The molecule has 1 unspecified atom stereocenters. The highest BCUT2D eigenvalue weighted by Crippen LogP contribution is 2.10. The Hall–Kier alpha value is -2.24. The Balaban J connectivity index is 1.85. The molecule has 2 aromatic carbocycles. The molecule has 0 fully saturated rings. The third kappa shape index (κ3) is 5.44. The Kier molecular flexibility index (Phi) is 6.46. The average molecular weight is 366 g/mol. The van der Waals surface area contributed by atoms with Gasteiger partial charge in [0.1, 0.15) is 0 Å². The number of oxime groups is 1. The van der Waals surface area contributed by atoms with Gasteiger partial charge in [-0.15, -0.1) is 0 Å². The smallest absolute Gasteiger partial charge is 0.263 e. The highest BCUT2D eigenvalue weighted by atomic mass is 35.5. The van der Waals surface area contributed by atoms with Gasteiger partial charge in [0.05, 0.1) is 0 Å². The Morgan fingerprint density at radius 3 is 2.25 bits per heavy atom. The first-order valence-corrected chi connectivity index (χ1v) is 7.98. The van der Waals surface area contributed by atoms with Crippen molar-refractivity contribution in [1.82, 2.24) is 5.32 Å². The normalized spacial score (nSPS) is 12.5. The van der Waals surface area contributed by atoms with Crippen LogP contribution in [-0.4, -0.2) is 17.8 Å². The van der Waals surface area contributed by atoms with Gasteiger partial charge in [0.15, 0.2) is 5.84 Å². The summed E-state index contributed by atoms with van der Waals surface area (Å²) in [5, 5.41) is 7.79. The molecule has 5 nitrogen and oxygen atoms in total. The molecule has 0 bridgehead atoms. The molecule has 0 saturated heterocycles. The van der Waals surface area contributed by atoms with Gasteiger partial charge in [-0.05, 0) is 48.9 Å². The lowest BCUT2D eigenvalue weighted by Gasteiger charge is -2.11. The van der Waals surface area contributed by atoms with Crippen LogP contribution in [0.25, 0.3) is 0 Å². The third-order valence-electron chi connectivity index (χ3n) is 3.20. The maximum Gasteiger partial charge on any atom is 0.263 e. The van der Waals surface area contributed by atoms with E-state index in [9.17, 15) is 4.79 Å². The van der Waals surface area contributed by atoms with Crippen LogP contribution in [-0.2, 0) is 16.2 Å². The fraction of sp³-hybridized carbons (Fsp3) is 0.176. The van der Waals surface area contributed by atoms with Crippen molar-refractivity contribution in [3.63, 3.8) is 0 Å². The molecule has 0 radical (unpaired) electrons. The number of carbonyl (C=O) groups excluding carboxylic acids is 1. The average Bonchev–Trinajstić information content (AvgIpc) is 2.59. The number of benzene rings is 2. The number of hydrogen-bond donors (Lipinski definition) is 2. The van der Waals surface area contributed by atoms with E-state index in [0.717, 1.165) is 5.56 Å². The lowest BCUT2D eigenvalue weighted by Crippen LogP contribution is -2.33. The monoisotopic (exact) mass is 365 g/mol. The van der Waals surface area contributed by atoms with E-state index in [2.05, 4.69) is 10.5 Å². The zero-order valence-electron chi connectivity index (χ0n) is 13.0. The highest BCUT2D eigenvalue weighted by Gasteiger charge is 2.14. The van der Waals surface area contributed by atoms with Crippen LogP contribution in [0.15, 0.2) is 53.7 Å². The van der Waals surface area contributed by atoms with E-state index in [0.29, 0.717) is 22.2 Å². The second kappa shape index (κ2) is 8.57. The molecule has 7 heteroatoms. The molecule has 0 aliphatic carbocycles. The quantitative estimate of drug-likeness (QED) is 0.468. The largest absolute Gasteiger partial charge is 0.381 e. The minimum Gasteiger partial charge on any atom is -0.381 e. The fourth-order valence-electron chi connectivity index (χ4n) is 1.79. The van der Waals surface area contributed by atoms with Gasteiger partial charge in [-0.25, -0.2) is 0 Å². The van der Waals surface area contributed by atoms with Crippen LogP contribution < -0.4 is 11.1 Å². The standard InChI is InChI=1S/C17H17Cl2N3O2/c1-11(17(23)21-10-12-2-6-14(18)7-3-12)24-22-16(20)13-4-8-15(19)9-5-13/h2-9,11H,10H2,1H3,(H2,20,22)(H,21,23). The molecule has 126 valence electrons. The van der Waals surface area contributed by atoms with Gasteiger partial charge in [-0.2, -0.15) is 0 Å². The summed E-state index contributed by atoms with van der Waals surface area (Å²) >= 11 is 11.6. The predicted octanol–water partition coefficient (Wildman–Crippen LogP) is 3.34. The maximum absolute atomic E-state index is 12.0. The Labute approximate surface area is 150 Å². The van der Waals surface area contributed by atoms with Crippen LogP contribution >= 0.6 is 23.2 Å². The fourth-order valence-corrected chi connectivity index (χ4v) is 2.04. The van der Waals surface area contributed by atoms with Crippen molar-refractivity contribution < 1.29 is 9.63 Å². The molecule has 0 saturated carbocycles. The molecule has 0 heterocycles. The molecule has 0 aliphatic heterocycles. The lowest BCUT2D eigenvalue weighted by atomic mass is 10.2. The van der Waals surface area contributed by atoms with Crippen molar-refractivity contribution >= 4 is 34.9 Å². The SMILES string of the molecule is CC(O/N=C(\N)c1ccc(Cl)cc1)C(=O)NCc1ccc(Cl)cc1. The molecule has 1 atom stereocenters. The molecule has 2 aromatic rings. The summed E-state index contributed by atoms with van der Waals surface area (Å²) in [4.78, 5) is 17.1. The topological polar surface area (TPSA) is 76.7 Å². The van der Waals surface area contributed by atoms with Gasteiger partial charge in [0.25, 0.3) is 5.91 Å². The van der Waals surface area contributed by atoms with Crippen molar-refractivity contribution in [2.75, 3.05) is 0 Å². The van der Waals surface area contributed by atoms with Crippen LogP contribution in [0.4, 0.5) is 0 Å². The lowest BCUT2D eigenvalue weighted by molar-refractivity contribution is -0.131. The molecule has 0 aromatic heterocycles. The van der Waals surface area contributed by atoms with E-state index >= 15 is 0 Å². The van der Waals surface area contributed by atoms with Crippen LogP contribution in [0.3, 0.4) is 0 Å². The minimum atomic E-state index is -0.775. The molecule has 2 rings (SSSR count). The Morgan fingerprint density at radius 2 is 1.67 bits per heavy atom. The Morgan fingerprint density at radius 1 is 1.12 bits per heavy atom. The zero-order valence-corrected chi connectivity index (χ0v) is 14.5. The number of halogens is 2. The first kappa shape index (κ1) is 18.1. The second-order valence-electron chi connectivity index (χ2n) is 5.08. The van der Waals surface area contributed by atoms with Crippen LogP contribution in [0.5, 0.6) is 0 Å². The minimum absolute atomic E-state index is 0.170. The molecule has 0 spiro atoms. The van der Waals surface area contributed by atoms with E-state index in [1.165, 1.54) is 0 Å². The van der Waals surface area contributed by atoms with Crippen molar-refractivity contribution in [3.05, 3.63) is 69.7 Å². The molecular formula is C17H17Cl2N3O2. The predicted molar refractivity (Wildman–Crippen MR) is 96.0 cm³/mol. The van der Waals surface area contributed by atoms with Crippen molar-refractivity contribution in [2.24, 2.45) is 10.9 Å². The summed E-state index contributed by atoms with van der Waals surface area (Å²) in [7, 11) is 0. The number of hydrogen-bond acceptors (Lipinski definition) is 3. The zero-order chi connectivity index (χ0) is 17.5. The Bertz CT molecular complexity index is 716. The molecule has 3 N–H and O–H groups in total. The van der Waals surface area contributed by atoms with Crippen LogP contribution in [0, 0.1) is 0 Å². The van der Waals surface area contributed by atoms with E-state index in [1.807, 2.05) is 12.1 Å². The van der Waals surface area contributed by atoms with Gasteiger partial charge in [-0.3, -0.25) is 4.79 Å². The molecule has 0 aliphatic rings. The number of nitrogens with two attached hydrogens (primary N) is 1. The van der Waals surface area contributed by atoms with E-state index < -0.39 is 6.10 Å². The van der Waals surface area contributed by atoms with Crippen molar-refractivity contribution in [2.45, 2.75) is 19.6 Å². The van der Waals surface area contributed by atoms with E-state index in [1.54, 1.807) is 43.3 Å². The van der Waals surface area contributed by atoms with Gasteiger partial charge in [-0.1, -0.05) is 40.5 Å². The first-order valence-electron chi connectivity index (χ1n) is 7.23. The third-order valence-corrected chi connectivity index (χ3v) is 3.70. The molecule has 1 amide bonds. The summed E-state index contributed by atoms with van der Waals surface area (Å²) < 4.78 is 0. The number of amidine groups is 1. The van der Waals surface area contributed by atoms with Gasteiger partial charge >= 0.3 is 0 Å². The first-order chi connectivity index (χ1) is 11.5. The van der Waals surface area contributed by atoms with E-state index in [-0.39, 0.29) is 11.7 Å². The van der Waals surface area contributed by atoms with Gasteiger partial charge in [0, 0.05) is 22.2 Å². The number of rotatable bonds is 6. The highest BCUT2D eigenvalue weighted by molar-refractivity contribution is 6.30. The number of nitrogens with zero attached hydrogens (tertiary/aromatic N) is 1. The van der Waals surface area contributed by atoms with Crippen LogP contribution in [0.1, 0.15) is 18.1 Å². The summed E-state index contributed by atoms with van der Waals surface area (Å²) in [5.41, 5.74) is 7.41. The molecule has 24 heavy (non-hydrogen) atoms. The van der Waals surface area contributed by atoms with E-state index in [4.69, 9.17) is 33.8 Å². The summed E-state index contributed by atoms with van der Waals surface area (Å²) in [6.07, 6.45) is -0.775. The second-order valence-corrected chi connectivity index (χ2v) is 5.95. The maximum atomic E-state index is 12.0. The van der Waals surface area contributed by atoms with Crippen molar-refractivity contribution in [1.29, 1.82) is 0 Å². The number of amides is 1. The summed E-state index contributed by atoms with van der Waals surface area (Å²) in [6.45, 7) is 1.97. The number of carbonyl (C=O) groups is 1. The van der Waals surface area contributed by atoms with Gasteiger partial charge in [0.2, 0.25) is 6.10 Å². The summed E-state index contributed by atoms with van der Waals surface area (Å²) in [6, 6.07) is 14.0.